The van der Waals surface area contributed by atoms with Crippen LogP contribution in [0.3, 0.4) is 0 Å². The van der Waals surface area contributed by atoms with Crippen molar-refractivity contribution in [2.24, 2.45) is 0 Å². The topological polar surface area (TPSA) is 70.8 Å². The summed E-state index contributed by atoms with van der Waals surface area (Å²) in [6.45, 7) is 3.01. The summed E-state index contributed by atoms with van der Waals surface area (Å²) in [7, 11) is 0. The molecule has 0 atom stereocenters. The number of benzene rings is 1. The van der Waals surface area contributed by atoms with Gasteiger partial charge in [-0.05, 0) is 19.1 Å². The molecule has 0 fully saturated rings. The van der Waals surface area contributed by atoms with Crippen LogP contribution in [0.4, 0.5) is 5.69 Å². The molecule has 2 aromatic heterocycles. The van der Waals surface area contributed by atoms with Gasteiger partial charge in [-0.15, -0.1) is 0 Å². The molecule has 0 radical (unpaired) electrons. The van der Waals surface area contributed by atoms with Gasteiger partial charge in [0, 0.05) is 29.9 Å². The van der Waals surface area contributed by atoms with Crippen LogP contribution in [0.5, 0.6) is 5.88 Å². The molecule has 114 valence electrons. The number of para-hydroxylation sites is 1. The van der Waals surface area contributed by atoms with Crippen LogP contribution in [-0.2, 0) is 6.54 Å². The molecular formula is C18H16N4O. The molecule has 0 amide bonds. The quantitative estimate of drug-likeness (QED) is 0.781. The third-order valence-electron chi connectivity index (χ3n) is 3.48. The number of hydrogen-bond acceptors (Lipinski definition) is 5. The van der Waals surface area contributed by atoms with Crippen molar-refractivity contribution in [2.45, 2.75) is 13.5 Å². The van der Waals surface area contributed by atoms with E-state index in [4.69, 9.17) is 4.74 Å². The smallest absolute Gasteiger partial charge is 0.218 e. The van der Waals surface area contributed by atoms with Gasteiger partial charge in [0.05, 0.1) is 23.4 Å². The van der Waals surface area contributed by atoms with Crippen molar-refractivity contribution in [3.8, 4) is 11.9 Å². The van der Waals surface area contributed by atoms with E-state index in [0.29, 0.717) is 24.6 Å². The minimum Gasteiger partial charge on any atom is -0.478 e. The summed E-state index contributed by atoms with van der Waals surface area (Å²) >= 11 is 0. The molecule has 0 aliphatic rings. The van der Waals surface area contributed by atoms with Gasteiger partial charge in [0.1, 0.15) is 6.07 Å². The fourth-order valence-electron chi connectivity index (χ4n) is 2.43. The van der Waals surface area contributed by atoms with E-state index in [9.17, 15) is 5.26 Å². The molecule has 1 N–H and O–H groups in total. The zero-order valence-corrected chi connectivity index (χ0v) is 12.8. The molecule has 3 rings (SSSR count). The lowest BCUT2D eigenvalue weighted by Crippen LogP contribution is -2.06. The van der Waals surface area contributed by atoms with E-state index in [-0.39, 0.29) is 0 Å². The van der Waals surface area contributed by atoms with E-state index in [1.165, 1.54) is 0 Å². The lowest BCUT2D eigenvalue weighted by molar-refractivity contribution is 0.323. The number of aromatic nitrogens is 2. The van der Waals surface area contributed by atoms with Crippen molar-refractivity contribution in [3.63, 3.8) is 0 Å². The highest BCUT2D eigenvalue weighted by atomic mass is 16.5. The molecule has 0 bridgehead atoms. The minimum atomic E-state index is 0.519. The van der Waals surface area contributed by atoms with Crippen LogP contribution in [0.1, 0.15) is 18.1 Å². The van der Waals surface area contributed by atoms with Crippen LogP contribution < -0.4 is 10.1 Å². The Kier molecular flexibility index (Phi) is 4.34. The molecule has 23 heavy (non-hydrogen) atoms. The van der Waals surface area contributed by atoms with Crippen molar-refractivity contribution in [1.29, 1.82) is 5.26 Å². The van der Waals surface area contributed by atoms with E-state index in [0.717, 1.165) is 22.2 Å². The SMILES string of the molecule is CCOc1ncccc1CNc1c(C#N)cnc2ccccc12. The number of hydrogen-bond donors (Lipinski definition) is 1. The molecule has 0 saturated carbocycles. The highest BCUT2D eigenvalue weighted by Gasteiger charge is 2.10. The molecule has 0 unspecified atom stereocenters. The van der Waals surface area contributed by atoms with E-state index in [2.05, 4.69) is 21.4 Å². The molecule has 5 heteroatoms. The Bertz CT molecular complexity index is 870. The number of rotatable bonds is 5. The summed E-state index contributed by atoms with van der Waals surface area (Å²) in [5.41, 5.74) is 3.10. The number of nitriles is 1. The summed E-state index contributed by atoms with van der Waals surface area (Å²) < 4.78 is 5.54. The maximum Gasteiger partial charge on any atom is 0.218 e. The third kappa shape index (κ3) is 3.06. The Morgan fingerprint density at radius 2 is 2.04 bits per heavy atom. The second kappa shape index (κ2) is 6.75. The summed E-state index contributed by atoms with van der Waals surface area (Å²) in [4.78, 5) is 8.56. The second-order valence-corrected chi connectivity index (χ2v) is 4.93. The first-order valence-corrected chi connectivity index (χ1v) is 7.42. The molecule has 0 spiro atoms. The van der Waals surface area contributed by atoms with Crippen LogP contribution in [0.25, 0.3) is 10.9 Å². The van der Waals surface area contributed by atoms with Gasteiger partial charge in [0.15, 0.2) is 0 Å². The maximum absolute atomic E-state index is 9.35. The first-order chi connectivity index (χ1) is 11.3. The Morgan fingerprint density at radius 1 is 1.17 bits per heavy atom. The molecule has 2 heterocycles. The summed E-state index contributed by atoms with van der Waals surface area (Å²) in [6, 6.07) is 13.8. The van der Waals surface area contributed by atoms with Crippen LogP contribution >= 0.6 is 0 Å². The van der Waals surface area contributed by atoms with E-state index in [1.807, 2.05) is 43.3 Å². The van der Waals surface area contributed by atoms with E-state index in [1.54, 1.807) is 12.4 Å². The summed E-state index contributed by atoms with van der Waals surface area (Å²) in [5, 5.41) is 13.6. The highest BCUT2D eigenvalue weighted by Crippen LogP contribution is 2.26. The van der Waals surface area contributed by atoms with Crippen molar-refractivity contribution in [3.05, 3.63) is 59.9 Å². The van der Waals surface area contributed by atoms with Gasteiger partial charge in [-0.3, -0.25) is 4.98 Å². The van der Waals surface area contributed by atoms with Crippen LogP contribution in [0.2, 0.25) is 0 Å². The highest BCUT2D eigenvalue weighted by molar-refractivity contribution is 5.93. The van der Waals surface area contributed by atoms with Gasteiger partial charge < -0.3 is 10.1 Å². The van der Waals surface area contributed by atoms with Crippen LogP contribution in [-0.4, -0.2) is 16.6 Å². The van der Waals surface area contributed by atoms with E-state index >= 15 is 0 Å². The second-order valence-electron chi connectivity index (χ2n) is 4.93. The van der Waals surface area contributed by atoms with Crippen molar-refractivity contribution in [1.82, 2.24) is 9.97 Å². The van der Waals surface area contributed by atoms with E-state index < -0.39 is 0 Å². The predicted octanol–water partition coefficient (Wildman–Crippen LogP) is 3.51. The molecule has 3 aromatic rings. The van der Waals surface area contributed by atoms with Crippen molar-refractivity contribution in [2.75, 3.05) is 11.9 Å². The van der Waals surface area contributed by atoms with Crippen molar-refractivity contribution >= 4 is 16.6 Å². The lowest BCUT2D eigenvalue weighted by Gasteiger charge is -2.13. The van der Waals surface area contributed by atoms with Gasteiger partial charge in [-0.1, -0.05) is 24.3 Å². The Balaban J connectivity index is 1.95. The maximum atomic E-state index is 9.35. The molecule has 0 aliphatic heterocycles. The largest absolute Gasteiger partial charge is 0.478 e. The number of pyridine rings is 2. The minimum absolute atomic E-state index is 0.519. The van der Waals surface area contributed by atoms with Crippen LogP contribution in [0, 0.1) is 11.3 Å². The molecular weight excluding hydrogens is 288 g/mol. The number of fused-ring (bicyclic) bond motifs is 1. The first-order valence-electron chi connectivity index (χ1n) is 7.42. The summed E-state index contributed by atoms with van der Waals surface area (Å²) in [6.07, 6.45) is 3.30. The normalized spacial score (nSPS) is 10.3. The first kappa shape index (κ1) is 14.8. The third-order valence-corrected chi connectivity index (χ3v) is 3.48. The standard InChI is InChI=1S/C18H16N4O/c1-2-23-18-13(6-5-9-20-18)11-22-17-14(10-19)12-21-16-8-4-3-7-15(16)17/h3-9,12H,2,11H2,1H3,(H,21,22). The molecule has 5 nitrogen and oxygen atoms in total. The lowest BCUT2D eigenvalue weighted by atomic mass is 10.1. The number of anilines is 1. The van der Waals surface area contributed by atoms with Gasteiger partial charge in [0.25, 0.3) is 0 Å². The zero-order chi connectivity index (χ0) is 16.1. The van der Waals surface area contributed by atoms with Gasteiger partial charge in [-0.2, -0.15) is 5.26 Å². The number of ether oxygens (including phenoxy) is 1. The van der Waals surface area contributed by atoms with Crippen LogP contribution in [0.15, 0.2) is 48.8 Å². The summed E-state index contributed by atoms with van der Waals surface area (Å²) in [5.74, 6) is 0.611. The molecule has 0 aliphatic carbocycles. The zero-order valence-electron chi connectivity index (χ0n) is 12.8. The van der Waals surface area contributed by atoms with Gasteiger partial charge >= 0.3 is 0 Å². The van der Waals surface area contributed by atoms with Gasteiger partial charge in [0.2, 0.25) is 5.88 Å². The van der Waals surface area contributed by atoms with Crippen molar-refractivity contribution < 1.29 is 4.74 Å². The fourth-order valence-corrected chi connectivity index (χ4v) is 2.43. The Hall–Kier alpha value is -3.13. The average molecular weight is 304 g/mol. The Morgan fingerprint density at radius 3 is 2.87 bits per heavy atom. The van der Waals surface area contributed by atoms with Gasteiger partial charge in [-0.25, -0.2) is 4.98 Å². The predicted molar refractivity (Wildman–Crippen MR) is 89.2 cm³/mol. The monoisotopic (exact) mass is 304 g/mol. The average Bonchev–Trinajstić information content (AvgIpc) is 2.61. The molecule has 1 aromatic carbocycles. The Labute approximate surface area is 134 Å². The fraction of sp³-hybridized carbons (Fsp3) is 0.167. The number of nitrogens with one attached hydrogen (secondary N) is 1. The number of nitrogens with zero attached hydrogens (tertiary/aromatic N) is 3. The molecule has 0 saturated heterocycles.